The summed E-state index contributed by atoms with van der Waals surface area (Å²) in [7, 11) is 8.30. The van der Waals surface area contributed by atoms with E-state index in [9.17, 15) is 0 Å². The highest BCUT2D eigenvalue weighted by Crippen LogP contribution is 2.35. The van der Waals surface area contributed by atoms with Crippen molar-refractivity contribution in [2.75, 3.05) is 80.9 Å². The van der Waals surface area contributed by atoms with Gasteiger partial charge in [-0.25, -0.2) is 0 Å². The molecule has 0 aliphatic carbocycles. The van der Waals surface area contributed by atoms with Gasteiger partial charge in [-0.05, 0) is 113 Å². The molecule has 4 aromatic carbocycles. The zero-order valence-corrected chi connectivity index (χ0v) is 30.4. The van der Waals surface area contributed by atoms with Gasteiger partial charge in [-0.2, -0.15) is 0 Å². The Kier molecular flexibility index (Phi) is 12.7. The molecular weight excluding hydrogens is 640 g/mol. The molecule has 0 radical (unpaired) electrons. The van der Waals surface area contributed by atoms with E-state index >= 15 is 0 Å². The highest BCUT2D eigenvalue weighted by molar-refractivity contribution is 6.09. The molecule has 0 saturated carbocycles. The first-order chi connectivity index (χ1) is 24.9. The van der Waals surface area contributed by atoms with Crippen LogP contribution in [0.4, 0.5) is 11.4 Å². The summed E-state index contributed by atoms with van der Waals surface area (Å²) in [4.78, 5) is 14.2. The van der Waals surface area contributed by atoms with Crippen molar-refractivity contribution in [2.45, 2.75) is 25.7 Å². The molecule has 51 heavy (non-hydrogen) atoms. The van der Waals surface area contributed by atoms with Crippen molar-refractivity contribution in [1.29, 1.82) is 0 Å². The van der Waals surface area contributed by atoms with E-state index in [1.54, 1.807) is 0 Å². The average Bonchev–Trinajstić information content (AvgIpc) is 3.76. The summed E-state index contributed by atoms with van der Waals surface area (Å²) in [5.74, 6) is 3.39. The number of aliphatic imine (C=N–C) groups is 2. The predicted octanol–water partition coefficient (Wildman–Crippen LogP) is 7.18. The highest BCUT2D eigenvalue weighted by Gasteiger charge is 2.21. The number of hydrogen-bond donors (Lipinski definition) is 0. The Morgan fingerprint density at radius 3 is 1.41 bits per heavy atom. The van der Waals surface area contributed by atoms with Crippen molar-refractivity contribution in [1.82, 2.24) is 9.80 Å². The summed E-state index contributed by atoms with van der Waals surface area (Å²) >= 11 is 0. The highest BCUT2D eigenvalue weighted by atomic mass is 16.5. The van der Waals surface area contributed by atoms with Gasteiger partial charge in [0.05, 0.1) is 49.2 Å². The van der Waals surface area contributed by atoms with Crippen LogP contribution in [0.3, 0.4) is 0 Å². The second-order valence-electron chi connectivity index (χ2n) is 13.4. The normalized spacial score (nSPS) is 13.2. The molecule has 0 bridgehead atoms. The van der Waals surface area contributed by atoms with Crippen LogP contribution in [0.5, 0.6) is 23.0 Å². The minimum absolute atomic E-state index is 0.426. The first kappa shape index (κ1) is 36.1. The van der Waals surface area contributed by atoms with Gasteiger partial charge in [-0.1, -0.05) is 24.3 Å². The molecule has 0 fully saturated rings. The maximum atomic E-state index is 6.18. The van der Waals surface area contributed by atoms with E-state index < -0.39 is 0 Å². The van der Waals surface area contributed by atoms with Gasteiger partial charge in [0, 0.05) is 37.1 Å². The third-order valence-corrected chi connectivity index (χ3v) is 8.73. The van der Waals surface area contributed by atoms with E-state index in [-0.39, 0.29) is 0 Å². The fourth-order valence-corrected chi connectivity index (χ4v) is 6.17. The molecule has 0 amide bonds. The Morgan fingerprint density at radius 1 is 0.510 bits per heavy atom. The number of fused-ring (bicyclic) bond motifs is 2. The number of para-hydroxylation sites is 2. The third kappa shape index (κ3) is 10.2. The van der Waals surface area contributed by atoms with Crippen LogP contribution in [-0.4, -0.2) is 102 Å². The van der Waals surface area contributed by atoms with Crippen molar-refractivity contribution in [3.8, 4) is 23.0 Å². The first-order valence-corrected chi connectivity index (χ1v) is 17.9. The van der Waals surface area contributed by atoms with Gasteiger partial charge in [0.15, 0.2) is 0 Å². The van der Waals surface area contributed by atoms with Gasteiger partial charge in [0.1, 0.15) is 36.2 Å². The van der Waals surface area contributed by atoms with Crippen molar-refractivity contribution < 1.29 is 23.7 Å². The molecule has 268 valence electrons. The minimum atomic E-state index is 0.426. The number of rotatable bonds is 20. The molecular formula is C42H50N4O5. The van der Waals surface area contributed by atoms with Gasteiger partial charge >= 0.3 is 0 Å². The molecule has 0 unspecified atom stereocenters. The van der Waals surface area contributed by atoms with Gasteiger partial charge < -0.3 is 33.5 Å². The van der Waals surface area contributed by atoms with E-state index in [1.165, 1.54) is 11.1 Å². The van der Waals surface area contributed by atoms with Crippen LogP contribution in [0.15, 0.2) is 94.9 Å². The molecule has 0 saturated heterocycles. The van der Waals surface area contributed by atoms with Crippen LogP contribution in [0.2, 0.25) is 0 Å². The molecule has 9 heteroatoms. The van der Waals surface area contributed by atoms with E-state index in [4.69, 9.17) is 33.7 Å². The summed E-state index contributed by atoms with van der Waals surface area (Å²) in [6, 6.07) is 28.5. The first-order valence-electron chi connectivity index (χ1n) is 17.9. The summed E-state index contributed by atoms with van der Waals surface area (Å²) in [5, 5.41) is 0. The summed E-state index contributed by atoms with van der Waals surface area (Å²) in [6.45, 7) is 5.15. The summed E-state index contributed by atoms with van der Waals surface area (Å²) in [6.07, 6.45) is 3.46. The molecule has 0 spiro atoms. The third-order valence-electron chi connectivity index (χ3n) is 8.73. The Bertz CT molecular complexity index is 1690. The molecule has 0 aromatic heterocycles. The summed E-state index contributed by atoms with van der Waals surface area (Å²) < 4.78 is 30.2. The van der Waals surface area contributed by atoms with Crippen molar-refractivity contribution in [2.24, 2.45) is 9.98 Å². The van der Waals surface area contributed by atoms with Crippen molar-refractivity contribution >= 4 is 22.8 Å². The van der Waals surface area contributed by atoms with Gasteiger partial charge in [-0.15, -0.1) is 0 Å². The Labute approximate surface area is 302 Å². The molecule has 2 heterocycles. The van der Waals surface area contributed by atoms with Crippen molar-refractivity contribution in [3.63, 3.8) is 0 Å². The average molecular weight is 691 g/mol. The zero-order valence-electron chi connectivity index (χ0n) is 30.4. The second-order valence-corrected chi connectivity index (χ2v) is 13.4. The molecule has 2 aliphatic rings. The maximum Gasteiger partial charge on any atom is 0.128 e. The second kappa shape index (κ2) is 18.0. The molecule has 4 aromatic rings. The number of nitrogens with zero attached hydrogens (tertiary/aromatic N) is 4. The molecule has 2 aliphatic heterocycles. The fourth-order valence-electron chi connectivity index (χ4n) is 6.17. The van der Waals surface area contributed by atoms with E-state index in [1.807, 2.05) is 60.7 Å². The minimum Gasteiger partial charge on any atom is -0.494 e. The van der Waals surface area contributed by atoms with Gasteiger partial charge in [-0.3, -0.25) is 9.98 Å². The van der Waals surface area contributed by atoms with Crippen LogP contribution in [0.25, 0.3) is 0 Å². The molecule has 0 atom stereocenters. The van der Waals surface area contributed by atoms with Crippen LogP contribution >= 0.6 is 0 Å². The van der Waals surface area contributed by atoms with Gasteiger partial charge in [0.2, 0.25) is 0 Å². The number of hydrogen-bond acceptors (Lipinski definition) is 9. The monoisotopic (exact) mass is 690 g/mol. The largest absolute Gasteiger partial charge is 0.494 e. The number of ether oxygens (including phenoxy) is 5. The lowest BCUT2D eigenvalue weighted by atomic mass is 10.0. The van der Waals surface area contributed by atoms with Crippen molar-refractivity contribution in [3.05, 3.63) is 107 Å². The smallest absolute Gasteiger partial charge is 0.128 e. The molecule has 6 rings (SSSR count). The lowest BCUT2D eigenvalue weighted by Gasteiger charge is -2.13. The van der Waals surface area contributed by atoms with Crippen LogP contribution in [-0.2, 0) is 17.6 Å². The Balaban J connectivity index is 0.932. The summed E-state index contributed by atoms with van der Waals surface area (Å²) in [5.41, 5.74) is 8.32. The quantitative estimate of drug-likeness (QED) is 0.0910. The van der Waals surface area contributed by atoms with Crippen LogP contribution in [0.1, 0.15) is 35.1 Å². The zero-order chi connectivity index (χ0) is 35.4. The Morgan fingerprint density at radius 2 is 0.961 bits per heavy atom. The Hall–Kier alpha value is -4.70. The van der Waals surface area contributed by atoms with Crippen LogP contribution < -0.4 is 18.9 Å². The lowest BCUT2D eigenvalue weighted by molar-refractivity contribution is 0.0763. The topological polar surface area (TPSA) is 77.3 Å². The molecule has 9 nitrogen and oxygen atoms in total. The standard InChI is InChI=1S/C42H50N4O5/c1-45(2)19-9-21-48-33-15-17-37-31(27-33)29-39(43-37)35-11-5-7-13-41(35)50-25-23-47-24-26-51-42-14-8-6-12-36(42)40-30-32-28-34(16-18-38(32)44-40)49-22-10-20-46(3)4/h5-8,11-18,27-28H,9-10,19-26,29-30H2,1-4H3. The fraction of sp³-hybridized carbons (Fsp3) is 0.381. The maximum absolute atomic E-state index is 6.18. The predicted molar refractivity (Wildman–Crippen MR) is 205 cm³/mol. The SMILES string of the molecule is CN(C)CCCOc1ccc2c(c1)CC(c1ccccc1OCCOCCOc1ccccc1C1=Nc3ccc(OCCCN(C)C)cc3C1)=N2. The van der Waals surface area contributed by atoms with E-state index in [0.717, 1.165) is 95.7 Å². The number of benzene rings is 4. The van der Waals surface area contributed by atoms with E-state index in [2.05, 4.69) is 62.3 Å². The lowest BCUT2D eigenvalue weighted by Crippen LogP contribution is -2.15. The molecule has 0 N–H and O–H groups in total. The van der Waals surface area contributed by atoms with Gasteiger partial charge in [0.25, 0.3) is 0 Å². The van der Waals surface area contributed by atoms with Crippen LogP contribution in [0, 0.1) is 0 Å². The van der Waals surface area contributed by atoms with E-state index in [0.29, 0.717) is 39.6 Å².